The van der Waals surface area contributed by atoms with Gasteiger partial charge in [0.15, 0.2) is 0 Å². The Morgan fingerprint density at radius 3 is 2.48 bits per heavy atom. The Bertz CT molecular complexity index is 447. The second kappa shape index (κ2) is 8.52. The molecule has 0 bridgehead atoms. The van der Waals surface area contributed by atoms with Crippen molar-refractivity contribution in [1.29, 1.82) is 0 Å². The molecule has 0 saturated heterocycles. The van der Waals surface area contributed by atoms with Crippen molar-refractivity contribution in [2.75, 3.05) is 11.9 Å². The van der Waals surface area contributed by atoms with Crippen LogP contribution in [-0.2, 0) is 0 Å². The lowest BCUT2D eigenvalue weighted by Crippen LogP contribution is -2.41. The summed E-state index contributed by atoms with van der Waals surface area (Å²) < 4.78 is 5.66. The maximum atomic E-state index is 12.1. The summed E-state index contributed by atoms with van der Waals surface area (Å²) in [6.07, 6.45) is 0.573. The second-order valence-corrected chi connectivity index (χ2v) is 5.62. The maximum absolute atomic E-state index is 12.1. The summed E-state index contributed by atoms with van der Waals surface area (Å²) in [5.74, 6) is 0.899. The Labute approximate surface area is 126 Å². The number of amides is 2. The molecule has 2 amide bonds. The van der Waals surface area contributed by atoms with E-state index in [1.165, 1.54) is 0 Å². The number of nitrogens with one attached hydrogen (secondary N) is 2. The predicted molar refractivity (Wildman–Crippen MR) is 84.7 cm³/mol. The number of benzene rings is 1. The van der Waals surface area contributed by atoms with Crippen LogP contribution in [0.3, 0.4) is 0 Å². The van der Waals surface area contributed by atoms with Gasteiger partial charge >= 0.3 is 6.03 Å². The zero-order valence-electron chi connectivity index (χ0n) is 13.2. The minimum Gasteiger partial charge on any atom is -0.489 e. The van der Waals surface area contributed by atoms with Crippen molar-refractivity contribution in [3.05, 3.63) is 24.3 Å². The minimum atomic E-state index is -0.290. The van der Waals surface area contributed by atoms with Gasteiger partial charge in [-0.05, 0) is 38.3 Å². The fourth-order valence-corrected chi connectivity index (χ4v) is 1.96. The number of carbonyl (C=O) groups excluding carboxylic acids is 1. The van der Waals surface area contributed by atoms with E-state index in [9.17, 15) is 4.79 Å². The summed E-state index contributed by atoms with van der Waals surface area (Å²) in [7, 11) is 0. The van der Waals surface area contributed by atoms with Gasteiger partial charge in [0.2, 0.25) is 0 Å². The molecule has 0 aliphatic heterocycles. The molecule has 118 valence electrons. The molecular formula is C16H26N2O3. The van der Waals surface area contributed by atoms with Crippen molar-refractivity contribution in [3.63, 3.8) is 0 Å². The monoisotopic (exact) mass is 294 g/mol. The van der Waals surface area contributed by atoms with Crippen molar-refractivity contribution in [2.45, 2.75) is 46.3 Å². The highest BCUT2D eigenvalue weighted by molar-refractivity contribution is 5.91. The fourth-order valence-electron chi connectivity index (χ4n) is 1.96. The average Bonchev–Trinajstić information content (AvgIpc) is 2.39. The van der Waals surface area contributed by atoms with Crippen LogP contribution in [0.2, 0.25) is 0 Å². The normalized spacial score (nSPS) is 12.3. The number of carbonyl (C=O) groups is 1. The van der Waals surface area contributed by atoms with Crippen LogP contribution in [0.5, 0.6) is 5.75 Å². The van der Waals surface area contributed by atoms with E-state index in [0.717, 1.165) is 0 Å². The molecule has 1 rings (SSSR count). The van der Waals surface area contributed by atoms with Gasteiger partial charge in [0.25, 0.3) is 0 Å². The van der Waals surface area contributed by atoms with E-state index in [1.54, 1.807) is 6.07 Å². The first-order valence-electron chi connectivity index (χ1n) is 7.38. The van der Waals surface area contributed by atoms with Crippen LogP contribution in [0.15, 0.2) is 24.3 Å². The quantitative estimate of drug-likeness (QED) is 0.724. The van der Waals surface area contributed by atoms with Crippen molar-refractivity contribution < 1.29 is 14.6 Å². The van der Waals surface area contributed by atoms with Crippen LogP contribution in [0.4, 0.5) is 10.5 Å². The third-order valence-electron chi connectivity index (χ3n) is 3.06. The number of para-hydroxylation sites is 2. The van der Waals surface area contributed by atoms with Gasteiger partial charge in [0, 0.05) is 12.6 Å². The van der Waals surface area contributed by atoms with Gasteiger partial charge in [-0.2, -0.15) is 0 Å². The topological polar surface area (TPSA) is 70.6 Å². The largest absolute Gasteiger partial charge is 0.489 e. The molecule has 1 aromatic rings. The highest BCUT2D eigenvalue weighted by Gasteiger charge is 2.16. The van der Waals surface area contributed by atoms with Gasteiger partial charge < -0.3 is 20.5 Å². The van der Waals surface area contributed by atoms with Crippen molar-refractivity contribution in [3.8, 4) is 5.75 Å². The number of hydrogen-bond acceptors (Lipinski definition) is 3. The van der Waals surface area contributed by atoms with E-state index in [1.807, 2.05) is 45.9 Å². The highest BCUT2D eigenvalue weighted by atomic mass is 16.5. The molecule has 0 aliphatic carbocycles. The molecule has 5 heteroatoms. The first kappa shape index (κ1) is 17.3. The van der Waals surface area contributed by atoms with Crippen LogP contribution >= 0.6 is 0 Å². The molecule has 5 nitrogen and oxygen atoms in total. The van der Waals surface area contributed by atoms with Gasteiger partial charge in [-0.15, -0.1) is 0 Å². The zero-order valence-corrected chi connectivity index (χ0v) is 13.2. The molecule has 0 radical (unpaired) electrons. The van der Waals surface area contributed by atoms with Crippen LogP contribution < -0.4 is 15.4 Å². The van der Waals surface area contributed by atoms with E-state index < -0.39 is 0 Å². The molecule has 0 aromatic heterocycles. The Hall–Kier alpha value is -1.75. The number of anilines is 1. The van der Waals surface area contributed by atoms with Gasteiger partial charge in [-0.25, -0.2) is 4.79 Å². The lowest BCUT2D eigenvalue weighted by molar-refractivity contribution is 0.226. The summed E-state index contributed by atoms with van der Waals surface area (Å²) in [6.45, 7) is 7.95. The van der Waals surface area contributed by atoms with E-state index in [4.69, 9.17) is 9.84 Å². The maximum Gasteiger partial charge on any atom is 0.319 e. The molecule has 0 aliphatic rings. The first-order valence-corrected chi connectivity index (χ1v) is 7.38. The molecule has 0 unspecified atom stereocenters. The molecule has 0 saturated carbocycles. The summed E-state index contributed by atoms with van der Waals surface area (Å²) in [6, 6.07) is 6.98. The standard InChI is InChI=1S/C16H26N2O3/c1-11(2)13(9-10-19)17-16(20)18-14-7-5-6-8-15(14)21-12(3)4/h5-8,11-13,19H,9-10H2,1-4H3,(H2,17,18,20)/t13-/m1/s1. The van der Waals surface area contributed by atoms with Gasteiger partial charge in [-0.1, -0.05) is 26.0 Å². The van der Waals surface area contributed by atoms with Crippen LogP contribution in [0.25, 0.3) is 0 Å². The lowest BCUT2D eigenvalue weighted by atomic mass is 10.0. The molecule has 0 spiro atoms. The summed E-state index contributed by atoms with van der Waals surface area (Å²) in [4.78, 5) is 12.1. The van der Waals surface area contributed by atoms with Crippen molar-refractivity contribution >= 4 is 11.7 Å². The van der Waals surface area contributed by atoms with Crippen LogP contribution in [-0.4, -0.2) is 29.9 Å². The van der Waals surface area contributed by atoms with Crippen LogP contribution in [0.1, 0.15) is 34.1 Å². The molecular weight excluding hydrogens is 268 g/mol. The fraction of sp³-hybridized carbons (Fsp3) is 0.562. The van der Waals surface area contributed by atoms with Gasteiger partial charge in [0.05, 0.1) is 11.8 Å². The number of ether oxygens (including phenoxy) is 1. The zero-order chi connectivity index (χ0) is 15.8. The summed E-state index contributed by atoms with van der Waals surface area (Å²) in [5, 5.41) is 14.7. The third-order valence-corrected chi connectivity index (χ3v) is 3.06. The van der Waals surface area contributed by atoms with E-state index in [0.29, 0.717) is 17.9 Å². The summed E-state index contributed by atoms with van der Waals surface area (Å²) >= 11 is 0. The number of hydrogen-bond donors (Lipinski definition) is 3. The summed E-state index contributed by atoms with van der Waals surface area (Å²) in [5.41, 5.74) is 0.634. The Morgan fingerprint density at radius 1 is 1.24 bits per heavy atom. The number of aliphatic hydroxyl groups excluding tert-OH is 1. The molecule has 3 N–H and O–H groups in total. The number of rotatable bonds is 7. The van der Waals surface area contributed by atoms with E-state index in [-0.39, 0.29) is 30.7 Å². The SMILES string of the molecule is CC(C)Oc1ccccc1NC(=O)N[C@H](CCO)C(C)C. The average molecular weight is 294 g/mol. The Balaban J connectivity index is 2.70. The lowest BCUT2D eigenvalue weighted by Gasteiger charge is -2.22. The van der Waals surface area contributed by atoms with Crippen molar-refractivity contribution in [1.82, 2.24) is 5.32 Å². The van der Waals surface area contributed by atoms with Gasteiger partial charge in [0.1, 0.15) is 5.75 Å². The predicted octanol–water partition coefficient (Wildman–Crippen LogP) is 3.00. The second-order valence-electron chi connectivity index (χ2n) is 5.62. The molecule has 0 fully saturated rings. The number of aliphatic hydroxyl groups is 1. The third kappa shape index (κ3) is 6.04. The van der Waals surface area contributed by atoms with Crippen LogP contribution in [0, 0.1) is 5.92 Å². The molecule has 0 heterocycles. The van der Waals surface area contributed by atoms with E-state index in [2.05, 4.69) is 10.6 Å². The first-order chi connectivity index (χ1) is 9.93. The molecule has 1 aromatic carbocycles. The smallest absolute Gasteiger partial charge is 0.319 e. The highest BCUT2D eigenvalue weighted by Crippen LogP contribution is 2.24. The Morgan fingerprint density at radius 2 is 1.90 bits per heavy atom. The van der Waals surface area contributed by atoms with Gasteiger partial charge in [-0.3, -0.25) is 0 Å². The minimum absolute atomic E-state index is 0.0359. The Kier molecular flexibility index (Phi) is 7.02. The van der Waals surface area contributed by atoms with Crippen molar-refractivity contribution in [2.24, 2.45) is 5.92 Å². The molecule has 21 heavy (non-hydrogen) atoms. The number of urea groups is 1. The molecule has 1 atom stereocenters. The van der Waals surface area contributed by atoms with E-state index >= 15 is 0 Å².